The van der Waals surface area contributed by atoms with Crippen LogP contribution in [0.5, 0.6) is 0 Å². The van der Waals surface area contributed by atoms with E-state index in [1.807, 2.05) is 6.07 Å². The largest absolute Gasteiger partial charge is 0.371 e. The Hall–Kier alpha value is -1.76. The molecule has 5 nitrogen and oxygen atoms in total. The van der Waals surface area contributed by atoms with Gasteiger partial charge in [-0.1, -0.05) is 24.3 Å². The lowest BCUT2D eigenvalue weighted by molar-refractivity contribution is 0.0277. The van der Waals surface area contributed by atoms with Crippen molar-refractivity contribution in [3.05, 3.63) is 46.6 Å². The maximum atomic E-state index is 5.77. The van der Waals surface area contributed by atoms with Crippen molar-refractivity contribution in [1.82, 2.24) is 20.3 Å². The van der Waals surface area contributed by atoms with Crippen LogP contribution in [0.3, 0.4) is 0 Å². The van der Waals surface area contributed by atoms with E-state index in [1.165, 1.54) is 5.56 Å². The Morgan fingerprint density at radius 3 is 2.86 bits per heavy atom. The molecule has 0 spiro atoms. The second-order valence-electron chi connectivity index (χ2n) is 5.30. The van der Waals surface area contributed by atoms with Crippen LogP contribution in [0.25, 0.3) is 22.6 Å². The molecule has 3 heterocycles. The van der Waals surface area contributed by atoms with Gasteiger partial charge in [0.25, 0.3) is 0 Å². The molecule has 1 fully saturated rings. The van der Waals surface area contributed by atoms with Gasteiger partial charge in [-0.25, -0.2) is 9.97 Å². The van der Waals surface area contributed by atoms with E-state index >= 15 is 0 Å². The number of morpholine rings is 1. The number of halogens is 1. The smallest absolute Gasteiger partial charge is 0.178 e. The average molecular weight is 359 g/mol. The summed E-state index contributed by atoms with van der Waals surface area (Å²) in [6, 6.07) is 10.3. The van der Waals surface area contributed by atoms with Crippen LogP contribution in [-0.2, 0) is 4.74 Å². The quantitative estimate of drug-likeness (QED) is 0.738. The van der Waals surface area contributed by atoms with Crippen LogP contribution in [-0.4, -0.2) is 34.6 Å². The summed E-state index contributed by atoms with van der Waals surface area (Å²) in [4.78, 5) is 12.1. The number of rotatable bonds is 2. The fourth-order valence-electron chi connectivity index (χ4n) is 2.65. The first kappa shape index (κ1) is 13.9. The Morgan fingerprint density at radius 1 is 1.23 bits per heavy atom. The minimum atomic E-state index is 0.135. The van der Waals surface area contributed by atoms with E-state index in [0.29, 0.717) is 0 Å². The normalized spacial score (nSPS) is 18.7. The number of pyridine rings is 1. The first-order chi connectivity index (χ1) is 10.8. The first-order valence-corrected chi connectivity index (χ1v) is 8.03. The van der Waals surface area contributed by atoms with Crippen LogP contribution < -0.4 is 5.32 Å². The third-order valence-corrected chi connectivity index (χ3v) is 4.22. The van der Waals surface area contributed by atoms with E-state index in [9.17, 15) is 0 Å². The predicted octanol–water partition coefficient (Wildman–Crippen LogP) is 3.05. The highest BCUT2D eigenvalue weighted by atomic mass is 79.9. The summed E-state index contributed by atoms with van der Waals surface area (Å²) in [5, 5.41) is 3.35. The molecule has 0 amide bonds. The molecule has 2 N–H and O–H groups in total. The lowest BCUT2D eigenvalue weighted by Gasteiger charge is -2.23. The fourth-order valence-corrected chi connectivity index (χ4v) is 2.98. The number of ether oxygens (including phenoxy) is 1. The van der Waals surface area contributed by atoms with E-state index < -0.39 is 0 Å². The molecule has 22 heavy (non-hydrogen) atoms. The van der Waals surface area contributed by atoms with E-state index in [1.54, 1.807) is 6.20 Å². The molecular formula is C16H15BrN4O. The summed E-state index contributed by atoms with van der Waals surface area (Å²) >= 11 is 3.42. The van der Waals surface area contributed by atoms with Gasteiger partial charge in [0, 0.05) is 29.3 Å². The standard InChI is InChI=1S/C16H15BrN4O/c17-12-7-13-16(19-8-12)21-15(20-13)11-3-1-10(2-4-11)14-9-18-5-6-22-14/h1-4,7-8,14,18H,5-6,9H2,(H,19,20,21)/t14-/m1/s1. The lowest BCUT2D eigenvalue weighted by atomic mass is 10.1. The summed E-state index contributed by atoms with van der Waals surface area (Å²) in [5.41, 5.74) is 3.88. The zero-order valence-corrected chi connectivity index (χ0v) is 13.4. The summed E-state index contributed by atoms with van der Waals surface area (Å²) in [6.07, 6.45) is 1.89. The molecule has 3 aromatic rings. The Labute approximate surface area is 136 Å². The molecule has 0 bridgehead atoms. The predicted molar refractivity (Wildman–Crippen MR) is 88.6 cm³/mol. The van der Waals surface area contributed by atoms with Crippen LogP contribution in [0.15, 0.2) is 41.0 Å². The van der Waals surface area contributed by atoms with Gasteiger partial charge < -0.3 is 15.0 Å². The molecule has 1 aliphatic heterocycles. The summed E-state index contributed by atoms with van der Waals surface area (Å²) < 4.78 is 6.71. The molecule has 6 heteroatoms. The number of nitrogens with zero attached hydrogens (tertiary/aromatic N) is 2. The first-order valence-electron chi connectivity index (χ1n) is 7.23. The molecule has 4 rings (SSSR count). The van der Waals surface area contributed by atoms with E-state index in [4.69, 9.17) is 4.74 Å². The van der Waals surface area contributed by atoms with E-state index in [2.05, 4.69) is 60.5 Å². The number of benzene rings is 1. The third-order valence-electron chi connectivity index (χ3n) is 3.79. The number of aromatic nitrogens is 3. The molecular weight excluding hydrogens is 344 g/mol. The minimum Gasteiger partial charge on any atom is -0.371 e. The molecule has 2 aromatic heterocycles. The molecule has 0 saturated carbocycles. The van der Waals surface area contributed by atoms with Crippen LogP contribution in [0.2, 0.25) is 0 Å². The van der Waals surface area contributed by atoms with Crippen LogP contribution in [0.4, 0.5) is 0 Å². The Morgan fingerprint density at radius 2 is 2.09 bits per heavy atom. The van der Waals surface area contributed by atoms with Crippen molar-refractivity contribution in [3.63, 3.8) is 0 Å². The van der Waals surface area contributed by atoms with Gasteiger partial charge in [-0.15, -0.1) is 0 Å². The fraction of sp³-hybridized carbons (Fsp3) is 0.250. The summed E-state index contributed by atoms with van der Waals surface area (Å²) in [6.45, 7) is 2.55. The lowest BCUT2D eigenvalue weighted by Crippen LogP contribution is -2.33. The zero-order valence-electron chi connectivity index (χ0n) is 11.8. The maximum absolute atomic E-state index is 5.77. The van der Waals surface area contributed by atoms with Gasteiger partial charge in [-0.2, -0.15) is 0 Å². The van der Waals surface area contributed by atoms with E-state index in [-0.39, 0.29) is 6.10 Å². The zero-order chi connectivity index (χ0) is 14.9. The highest BCUT2D eigenvalue weighted by Crippen LogP contribution is 2.24. The maximum Gasteiger partial charge on any atom is 0.178 e. The Kier molecular flexibility index (Phi) is 3.65. The van der Waals surface area contributed by atoms with Gasteiger partial charge >= 0.3 is 0 Å². The molecule has 1 atom stereocenters. The second-order valence-corrected chi connectivity index (χ2v) is 6.21. The molecule has 1 aliphatic rings. The number of nitrogens with one attached hydrogen (secondary N) is 2. The summed E-state index contributed by atoms with van der Waals surface area (Å²) in [7, 11) is 0. The number of H-pyrrole nitrogens is 1. The molecule has 1 saturated heterocycles. The van der Waals surface area contributed by atoms with Gasteiger partial charge in [0.05, 0.1) is 18.2 Å². The number of imidazole rings is 1. The topological polar surface area (TPSA) is 62.8 Å². The molecule has 0 unspecified atom stereocenters. The van der Waals surface area contributed by atoms with Crippen molar-refractivity contribution < 1.29 is 4.74 Å². The summed E-state index contributed by atoms with van der Waals surface area (Å²) in [5.74, 6) is 0.829. The van der Waals surface area contributed by atoms with Crippen LogP contribution >= 0.6 is 15.9 Å². The van der Waals surface area contributed by atoms with Gasteiger partial charge in [0.2, 0.25) is 0 Å². The van der Waals surface area contributed by atoms with Gasteiger partial charge in [-0.3, -0.25) is 0 Å². The highest BCUT2D eigenvalue weighted by molar-refractivity contribution is 9.10. The molecule has 0 radical (unpaired) electrons. The highest BCUT2D eigenvalue weighted by Gasteiger charge is 2.15. The Bertz CT molecular complexity index is 794. The number of hydrogen-bond acceptors (Lipinski definition) is 4. The average Bonchev–Trinajstić information content (AvgIpc) is 2.99. The van der Waals surface area contributed by atoms with Crippen molar-refractivity contribution in [2.45, 2.75) is 6.10 Å². The van der Waals surface area contributed by atoms with Gasteiger partial charge in [0.15, 0.2) is 5.65 Å². The molecule has 0 aliphatic carbocycles. The van der Waals surface area contributed by atoms with Crippen molar-refractivity contribution in [2.75, 3.05) is 19.7 Å². The van der Waals surface area contributed by atoms with Crippen molar-refractivity contribution in [2.24, 2.45) is 0 Å². The Balaban J connectivity index is 1.63. The van der Waals surface area contributed by atoms with E-state index in [0.717, 1.165) is 46.7 Å². The van der Waals surface area contributed by atoms with Gasteiger partial charge in [0.1, 0.15) is 5.82 Å². The number of aromatic amines is 1. The van der Waals surface area contributed by atoms with Crippen molar-refractivity contribution in [1.29, 1.82) is 0 Å². The van der Waals surface area contributed by atoms with Crippen LogP contribution in [0.1, 0.15) is 11.7 Å². The van der Waals surface area contributed by atoms with Gasteiger partial charge in [-0.05, 0) is 27.6 Å². The molecule has 112 valence electrons. The van der Waals surface area contributed by atoms with Crippen LogP contribution in [0, 0.1) is 0 Å². The third kappa shape index (κ3) is 2.65. The SMILES string of the molecule is Brc1cnc2nc(-c3ccc([C@H]4CNCCO4)cc3)[nH]c2c1. The van der Waals surface area contributed by atoms with Crippen molar-refractivity contribution >= 4 is 27.1 Å². The van der Waals surface area contributed by atoms with Crippen molar-refractivity contribution in [3.8, 4) is 11.4 Å². The molecule has 1 aromatic carbocycles. The number of fused-ring (bicyclic) bond motifs is 1. The monoisotopic (exact) mass is 358 g/mol. The minimum absolute atomic E-state index is 0.135. The second kappa shape index (κ2) is 5.79. The number of hydrogen-bond donors (Lipinski definition) is 2.